The molecule has 18 heavy (non-hydrogen) atoms. The van der Waals surface area contributed by atoms with Gasteiger partial charge in [0.05, 0.1) is 7.11 Å². The van der Waals surface area contributed by atoms with Crippen LogP contribution >= 0.6 is 23.1 Å². The van der Waals surface area contributed by atoms with Gasteiger partial charge in [-0.15, -0.1) is 0 Å². The molecule has 1 aromatic carbocycles. The van der Waals surface area contributed by atoms with Crippen LogP contribution in [0, 0.1) is 0 Å². The van der Waals surface area contributed by atoms with Gasteiger partial charge in [-0.05, 0) is 12.1 Å². The van der Waals surface area contributed by atoms with Crippen LogP contribution in [0.15, 0.2) is 28.6 Å². The smallest absolute Gasteiger partial charge is 0.152 e. The zero-order chi connectivity index (χ0) is 13.1. The van der Waals surface area contributed by atoms with Crippen molar-refractivity contribution in [3.05, 3.63) is 24.3 Å². The lowest BCUT2D eigenvalue weighted by Crippen LogP contribution is -1.91. The van der Waals surface area contributed by atoms with Crippen LogP contribution in [-0.4, -0.2) is 17.3 Å². The Balaban J connectivity index is 2.41. The number of thioether (sulfide) groups is 1. The highest BCUT2D eigenvalue weighted by Gasteiger charge is 2.15. The molecule has 0 atom stereocenters. The number of nitrogen functional groups attached to an aromatic ring is 1. The number of aromatic nitrogens is 1. The van der Waals surface area contributed by atoms with Gasteiger partial charge in [0.2, 0.25) is 0 Å². The lowest BCUT2D eigenvalue weighted by molar-refractivity contribution is 0.416. The van der Waals surface area contributed by atoms with Gasteiger partial charge in [-0.1, -0.05) is 49.1 Å². The molecular formula is C13H16N2OS2. The van der Waals surface area contributed by atoms with Crippen LogP contribution in [0.25, 0.3) is 11.3 Å². The minimum absolute atomic E-state index is 0.501. The molecule has 0 fully saturated rings. The number of para-hydroxylation sites is 1. The van der Waals surface area contributed by atoms with Gasteiger partial charge in [0.1, 0.15) is 16.4 Å². The largest absolute Gasteiger partial charge is 0.496 e. The number of thiazole rings is 1. The van der Waals surface area contributed by atoms with E-state index >= 15 is 0 Å². The van der Waals surface area contributed by atoms with Crippen LogP contribution in [0.3, 0.4) is 0 Å². The first-order valence-corrected chi connectivity index (χ1v) is 7.37. The second-order valence-corrected chi connectivity index (χ2v) is 6.91. The average Bonchev–Trinajstić information content (AvgIpc) is 2.69. The van der Waals surface area contributed by atoms with Crippen molar-refractivity contribution in [1.82, 2.24) is 4.98 Å². The van der Waals surface area contributed by atoms with Crippen molar-refractivity contribution >= 4 is 28.1 Å². The summed E-state index contributed by atoms with van der Waals surface area (Å²) >= 11 is 3.26. The molecule has 1 heterocycles. The van der Waals surface area contributed by atoms with Crippen molar-refractivity contribution in [2.24, 2.45) is 0 Å². The molecule has 0 aliphatic heterocycles. The normalized spacial score (nSPS) is 10.9. The maximum Gasteiger partial charge on any atom is 0.152 e. The Morgan fingerprint density at radius 1 is 1.33 bits per heavy atom. The molecule has 0 saturated heterocycles. The second kappa shape index (κ2) is 5.63. The van der Waals surface area contributed by atoms with Crippen LogP contribution in [0.4, 0.5) is 5.00 Å². The summed E-state index contributed by atoms with van der Waals surface area (Å²) in [7, 11) is 1.66. The number of benzene rings is 1. The molecule has 0 amide bonds. The summed E-state index contributed by atoms with van der Waals surface area (Å²) in [5, 5.41) is 1.24. The van der Waals surface area contributed by atoms with E-state index in [4.69, 9.17) is 10.5 Å². The number of nitrogens with two attached hydrogens (primary N) is 1. The van der Waals surface area contributed by atoms with Crippen LogP contribution < -0.4 is 10.5 Å². The fraction of sp³-hybridized carbons (Fsp3) is 0.308. The summed E-state index contributed by atoms with van der Waals surface area (Å²) in [5.41, 5.74) is 7.83. The van der Waals surface area contributed by atoms with Crippen molar-refractivity contribution in [3.63, 3.8) is 0 Å². The fourth-order valence-corrected chi connectivity index (χ4v) is 3.76. The Kier molecular flexibility index (Phi) is 4.14. The third-order valence-electron chi connectivity index (χ3n) is 2.33. The van der Waals surface area contributed by atoms with Gasteiger partial charge in [-0.3, -0.25) is 0 Å². The number of anilines is 1. The number of methoxy groups -OCH3 is 1. The van der Waals surface area contributed by atoms with E-state index in [1.165, 1.54) is 11.3 Å². The van der Waals surface area contributed by atoms with Crippen molar-refractivity contribution in [2.45, 2.75) is 23.4 Å². The van der Waals surface area contributed by atoms with Crippen LogP contribution in [0.5, 0.6) is 5.75 Å². The molecule has 0 radical (unpaired) electrons. The first kappa shape index (κ1) is 13.2. The third-order valence-corrected chi connectivity index (χ3v) is 4.31. The molecular weight excluding hydrogens is 264 g/mol. The molecule has 2 rings (SSSR count). The zero-order valence-electron chi connectivity index (χ0n) is 10.6. The van der Waals surface area contributed by atoms with Gasteiger partial charge in [0.25, 0.3) is 0 Å². The third kappa shape index (κ3) is 2.79. The Bertz CT molecular complexity index is 538. The number of hydrogen-bond acceptors (Lipinski definition) is 5. The SMILES string of the molecule is COc1ccccc1-c1nc(SC(C)C)sc1N. The molecule has 0 bridgehead atoms. The second-order valence-electron chi connectivity index (χ2n) is 4.06. The van der Waals surface area contributed by atoms with E-state index in [1.807, 2.05) is 24.3 Å². The van der Waals surface area contributed by atoms with Gasteiger partial charge >= 0.3 is 0 Å². The summed E-state index contributed by atoms with van der Waals surface area (Å²) in [6, 6.07) is 7.80. The van der Waals surface area contributed by atoms with Crippen LogP contribution in [0.1, 0.15) is 13.8 Å². The summed E-state index contributed by atoms with van der Waals surface area (Å²) in [6.45, 7) is 4.29. The van der Waals surface area contributed by atoms with E-state index in [-0.39, 0.29) is 0 Å². The average molecular weight is 280 g/mol. The maximum absolute atomic E-state index is 6.06. The molecule has 96 valence electrons. The highest BCUT2D eigenvalue weighted by molar-refractivity contribution is 8.01. The van der Waals surface area contributed by atoms with Gasteiger partial charge in [-0.2, -0.15) is 0 Å². The van der Waals surface area contributed by atoms with Crippen molar-refractivity contribution in [1.29, 1.82) is 0 Å². The fourth-order valence-electron chi connectivity index (χ4n) is 1.60. The van der Waals surface area contributed by atoms with E-state index in [0.29, 0.717) is 5.25 Å². The van der Waals surface area contributed by atoms with E-state index in [2.05, 4.69) is 18.8 Å². The van der Waals surface area contributed by atoms with Crippen LogP contribution in [-0.2, 0) is 0 Å². The Morgan fingerprint density at radius 2 is 2.06 bits per heavy atom. The van der Waals surface area contributed by atoms with Crippen molar-refractivity contribution in [2.75, 3.05) is 12.8 Å². The molecule has 2 N–H and O–H groups in total. The molecule has 0 aliphatic rings. The predicted octanol–water partition coefficient (Wildman–Crippen LogP) is 3.90. The first-order chi connectivity index (χ1) is 8.61. The number of hydrogen-bond donors (Lipinski definition) is 1. The molecule has 3 nitrogen and oxygen atoms in total. The van der Waals surface area contributed by atoms with E-state index < -0.39 is 0 Å². The lowest BCUT2D eigenvalue weighted by Gasteiger charge is -2.06. The quantitative estimate of drug-likeness (QED) is 0.863. The van der Waals surface area contributed by atoms with E-state index in [9.17, 15) is 0 Å². The minimum atomic E-state index is 0.501. The van der Waals surface area contributed by atoms with Crippen molar-refractivity contribution < 1.29 is 4.74 Å². The Labute approximate surface area is 115 Å². The molecule has 1 aromatic heterocycles. The molecule has 0 spiro atoms. The van der Waals surface area contributed by atoms with Crippen molar-refractivity contribution in [3.8, 4) is 17.0 Å². The van der Waals surface area contributed by atoms with Gasteiger partial charge in [-0.25, -0.2) is 4.98 Å². The standard InChI is InChI=1S/C13H16N2OS2/c1-8(2)17-13-15-11(12(14)18-13)9-6-4-5-7-10(9)16-3/h4-8H,14H2,1-3H3. The monoisotopic (exact) mass is 280 g/mol. The summed E-state index contributed by atoms with van der Waals surface area (Å²) < 4.78 is 6.35. The summed E-state index contributed by atoms with van der Waals surface area (Å²) in [6.07, 6.45) is 0. The molecule has 2 aromatic rings. The molecule has 5 heteroatoms. The Hall–Kier alpha value is -1.20. The lowest BCUT2D eigenvalue weighted by atomic mass is 10.1. The summed E-state index contributed by atoms with van der Waals surface area (Å²) in [5.74, 6) is 0.801. The zero-order valence-corrected chi connectivity index (χ0v) is 12.3. The van der Waals surface area contributed by atoms with E-state index in [1.54, 1.807) is 18.9 Å². The first-order valence-electron chi connectivity index (χ1n) is 5.68. The summed E-state index contributed by atoms with van der Waals surface area (Å²) in [4.78, 5) is 4.61. The number of rotatable bonds is 4. The topological polar surface area (TPSA) is 48.1 Å². The molecule has 0 saturated carbocycles. The van der Waals surface area contributed by atoms with Gasteiger partial charge in [0, 0.05) is 10.8 Å². The Morgan fingerprint density at radius 3 is 2.72 bits per heavy atom. The van der Waals surface area contributed by atoms with Gasteiger partial charge < -0.3 is 10.5 Å². The van der Waals surface area contributed by atoms with E-state index in [0.717, 1.165) is 26.3 Å². The number of nitrogens with zero attached hydrogens (tertiary/aromatic N) is 1. The van der Waals surface area contributed by atoms with Gasteiger partial charge in [0.15, 0.2) is 4.34 Å². The molecule has 0 unspecified atom stereocenters. The minimum Gasteiger partial charge on any atom is -0.496 e. The maximum atomic E-state index is 6.06. The predicted molar refractivity (Wildman–Crippen MR) is 79.5 cm³/mol. The highest BCUT2D eigenvalue weighted by atomic mass is 32.2. The van der Waals surface area contributed by atoms with Crippen LogP contribution in [0.2, 0.25) is 0 Å². The number of ether oxygens (including phenoxy) is 1. The highest BCUT2D eigenvalue weighted by Crippen LogP contribution is 2.39. The molecule has 0 aliphatic carbocycles.